The van der Waals surface area contributed by atoms with E-state index in [4.69, 9.17) is 0 Å². The van der Waals surface area contributed by atoms with Crippen LogP contribution in [-0.4, -0.2) is 19.1 Å². The molecule has 0 unspecified atom stereocenters. The average Bonchev–Trinajstić information content (AvgIpc) is 2.67. The number of anilines is 1. The number of nitrogens with zero attached hydrogens (tertiary/aromatic N) is 3. The lowest BCUT2D eigenvalue weighted by molar-refractivity contribution is 1.13. The standard InChI is InChI=1S/C22H19N3/c1-25(2)22-9-3-17(4-10-22)15-21(16-23)19-7-5-18(6-8-19)20-11-13-24-14-12-20/h3-15H,1-2H3/b21-15+. The summed E-state index contributed by atoms with van der Waals surface area (Å²) in [5.41, 5.74) is 5.94. The first-order valence-corrected chi connectivity index (χ1v) is 8.07. The molecule has 0 aliphatic heterocycles. The Balaban J connectivity index is 1.87. The van der Waals surface area contributed by atoms with E-state index in [0.29, 0.717) is 5.57 Å². The quantitative estimate of drug-likeness (QED) is 0.507. The fourth-order valence-corrected chi connectivity index (χ4v) is 2.60. The van der Waals surface area contributed by atoms with E-state index >= 15 is 0 Å². The number of nitriles is 1. The second-order valence-corrected chi connectivity index (χ2v) is 5.97. The van der Waals surface area contributed by atoms with Gasteiger partial charge in [-0.25, -0.2) is 0 Å². The van der Waals surface area contributed by atoms with E-state index in [2.05, 4.69) is 16.0 Å². The largest absolute Gasteiger partial charge is 0.378 e. The zero-order valence-electron chi connectivity index (χ0n) is 14.3. The number of aromatic nitrogens is 1. The van der Waals surface area contributed by atoms with Gasteiger partial charge in [-0.1, -0.05) is 36.4 Å². The van der Waals surface area contributed by atoms with E-state index in [0.717, 1.165) is 27.9 Å². The number of allylic oxidation sites excluding steroid dienone is 1. The Kier molecular flexibility index (Phi) is 4.92. The van der Waals surface area contributed by atoms with Crippen molar-refractivity contribution in [2.75, 3.05) is 19.0 Å². The molecule has 3 aromatic rings. The molecule has 0 bridgehead atoms. The highest BCUT2D eigenvalue weighted by molar-refractivity contribution is 5.90. The third-order valence-electron chi connectivity index (χ3n) is 4.05. The molecular formula is C22H19N3. The lowest BCUT2D eigenvalue weighted by atomic mass is 10.00. The molecule has 0 atom stereocenters. The molecule has 2 aromatic carbocycles. The molecule has 25 heavy (non-hydrogen) atoms. The SMILES string of the molecule is CN(C)c1ccc(/C=C(\C#N)c2ccc(-c3ccncc3)cc2)cc1. The summed E-state index contributed by atoms with van der Waals surface area (Å²) in [6.45, 7) is 0. The van der Waals surface area contributed by atoms with Crippen molar-refractivity contribution in [1.82, 2.24) is 4.98 Å². The summed E-state index contributed by atoms with van der Waals surface area (Å²) < 4.78 is 0. The normalized spacial score (nSPS) is 11.0. The fraction of sp³-hybridized carbons (Fsp3) is 0.0909. The Morgan fingerprint density at radius 2 is 1.48 bits per heavy atom. The van der Waals surface area contributed by atoms with E-state index in [1.165, 1.54) is 0 Å². The molecule has 1 aromatic heterocycles. The van der Waals surface area contributed by atoms with Gasteiger partial charge in [0.2, 0.25) is 0 Å². The number of hydrogen-bond donors (Lipinski definition) is 0. The molecule has 3 heteroatoms. The van der Waals surface area contributed by atoms with E-state index in [1.54, 1.807) is 12.4 Å². The van der Waals surface area contributed by atoms with E-state index in [-0.39, 0.29) is 0 Å². The van der Waals surface area contributed by atoms with Gasteiger partial charge in [-0.2, -0.15) is 5.26 Å². The average molecular weight is 325 g/mol. The second kappa shape index (κ2) is 7.46. The predicted molar refractivity (Wildman–Crippen MR) is 104 cm³/mol. The molecule has 0 spiro atoms. The Morgan fingerprint density at radius 3 is 2.04 bits per heavy atom. The van der Waals surface area contributed by atoms with E-state index < -0.39 is 0 Å². The fourth-order valence-electron chi connectivity index (χ4n) is 2.60. The van der Waals surface area contributed by atoms with Crippen LogP contribution in [0.2, 0.25) is 0 Å². The second-order valence-electron chi connectivity index (χ2n) is 5.97. The Hall–Kier alpha value is -3.38. The summed E-state index contributed by atoms with van der Waals surface area (Å²) in [6, 6.07) is 22.4. The first-order chi connectivity index (χ1) is 12.2. The molecule has 0 saturated carbocycles. The summed E-state index contributed by atoms with van der Waals surface area (Å²) in [7, 11) is 4.02. The van der Waals surface area contributed by atoms with Crippen LogP contribution >= 0.6 is 0 Å². The van der Waals surface area contributed by atoms with Gasteiger partial charge >= 0.3 is 0 Å². The molecule has 0 radical (unpaired) electrons. The third-order valence-corrected chi connectivity index (χ3v) is 4.05. The molecule has 0 fully saturated rings. The van der Waals surface area contributed by atoms with E-state index in [1.807, 2.05) is 80.8 Å². The molecule has 0 aliphatic carbocycles. The van der Waals surface area contributed by atoms with Crippen LogP contribution in [0.4, 0.5) is 5.69 Å². The molecule has 0 amide bonds. The highest BCUT2D eigenvalue weighted by Crippen LogP contribution is 2.24. The number of hydrogen-bond acceptors (Lipinski definition) is 3. The van der Waals surface area contributed by atoms with Gasteiger partial charge in [-0.15, -0.1) is 0 Å². The molecule has 0 aliphatic rings. The van der Waals surface area contributed by atoms with Gasteiger partial charge in [0.25, 0.3) is 0 Å². The maximum Gasteiger partial charge on any atom is 0.0998 e. The smallest absolute Gasteiger partial charge is 0.0998 e. The molecular weight excluding hydrogens is 306 g/mol. The van der Waals surface area contributed by atoms with Crippen molar-refractivity contribution in [3.05, 3.63) is 84.2 Å². The first kappa shape index (κ1) is 16.5. The molecule has 122 valence electrons. The lowest BCUT2D eigenvalue weighted by Gasteiger charge is -2.12. The van der Waals surface area contributed by atoms with Crippen LogP contribution in [0.15, 0.2) is 73.1 Å². The maximum atomic E-state index is 9.54. The van der Waals surface area contributed by atoms with Crippen LogP contribution in [0.5, 0.6) is 0 Å². The van der Waals surface area contributed by atoms with Gasteiger partial charge in [0.15, 0.2) is 0 Å². The third kappa shape index (κ3) is 3.94. The van der Waals surface area contributed by atoms with Crippen LogP contribution in [-0.2, 0) is 0 Å². The van der Waals surface area contributed by atoms with Gasteiger partial charge in [0.1, 0.15) is 0 Å². The zero-order chi connectivity index (χ0) is 17.6. The maximum absolute atomic E-state index is 9.54. The van der Waals surface area contributed by atoms with Crippen molar-refractivity contribution in [1.29, 1.82) is 5.26 Å². The van der Waals surface area contributed by atoms with Crippen molar-refractivity contribution in [2.24, 2.45) is 0 Å². The van der Waals surface area contributed by atoms with Crippen LogP contribution in [0.1, 0.15) is 11.1 Å². The number of pyridine rings is 1. The Bertz CT molecular complexity index is 900. The van der Waals surface area contributed by atoms with Gasteiger partial charge in [-0.3, -0.25) is 4.98 Å². The van der Waals surface area contributed by atoms with Crippen LogP contribution in [0, 0.1) is 11.3 Å². The summed E-state index contributed by atoms with van der Waals surface area (Å²) in [4.78, 5) is 6.09. The summed E-state index contributed by atoms with van der Waals surface area (Å²) in [5, 5.41) is 9.54. The van der Waals surface area contributed by atoms with Gasteiger partial charge in [0, 0.05) is 32.2 Å². The van der Waals surface area contributed by atoms with Crippen LogP contribution in [0.3, 0.4) is 0 Å². The lowest BCUT2D eigenvalue weighted by Crippen LogP contribution is -2.07. The molecule has 0 N–H and O–H groups in total. The van der Waals surface area contributed by atoms with Gasteiger partial charge in [-0.05, 0) is 52.6 Å². The van der Waals surface area contributed by atoms with Crippen LogP contribution in [0.25, 0.3) is 22.8 Å². The Morgan fingerprint density at radius 1 is 0.880 bits per heavy atom. The van der Waals surface area contributed by atoms with Crippen molar-refractivity contribution in [2.45, 2.75) is 0 Å². The van der Waals surface area contributed by atoms with Crippen molar-refractivity contribution in [3.8, 4) is 17.2 Å². The number of benzene rings is 2. The summed E-state index contributed by atoms with van der Waals surface area (Å²) in [6.07, 6.45) is 5.48. The summed E-state index contributed by atoms with van der Waals surface area (Å²) in [5.74, 6) is 0. The van der Waals surface area contributed by atoms with Crippen molar-refractivity contribution in [3.63, 3.8) is 0 Å². The Labute approximate surface area is 148 Å². The number of rotatable bonds is 4. The van der Waals surface area contributed by atoms with Crippen molar-refractivity contribution < 1.29 is 0 Å². The van der Waals surface area contributed by atoms with Gasteiger partial charge < -0.3 is 4.90 Å². The molecule has 1 heterocycles. The van der Waals surface area contributed by atoms with Crippen molar-refractivity contribution >= 4 is 17.3 Å². The predicted octanol–water partition coefficient (Wildman–Crippen LogP) is 4.88. The van der Waals surface area contributed by atoms with Crippen LogP contribution < -0.4 is 4.90 Å². The molecule has 3 rings (SSSR count). The highest BCUT2D eigenvalue weighted by Gasteiger charge is 2.03. The summed E-state index contributed by atoms with van der Waals surface area (Å²) >= 11 is 0. The van der Waals surface area contributed by atoms with E-state index in [9.17, 15) is 5.26 Å². The van der Waals surface area contributed by atoms with Gasteiger partial charge in [0.05, 0.1) is 11.6 Å². The minimum atomic E-state index is 0.652. The zero-order valence-corrected chi connectivity index (χ0v) is 14.3. The molecule has 0 saturated heterocycles. The highest BCUT2D eigenvalue weighted by atomic mass is 15.1. The molecule has 3 nitrogen and oxygen atoms in total. The first-order valence-electron chi connectivity index (χ1n) is 8.07. The minimum absolute atomic E-state index is 0.652. The monoisotopic (exact) mass is 325 g/mol. The minimum Gasteiger partial charge on any atom is -0.378 e. The topological polar surface area (TPSA) is 39.9 Å².